The molecule has 22 heavy (non-hydrogen) atoms. The topological polar surface area (TPSA) is 20.3 Å². The van der Waals surface area contributed by atoms with Crippen LogP contribution in [0.25, 0.3) is 0 Å². The van der Waals surface area contributed by atoms with Crippen molar-refractivity contribution in [3.8, 4) is 0 Å². The summed E-state index contributed by atoms with van der Waals surface area (Å²) in [5.74, 6) is 0.537. The number of benzene rings is 2. The summed E-state index contributed by atoms with van der Waals surface area (Å²) in [5.41, 5.74) is 4.15. The van der Waals surface area contributed by atoms with Crippen LogP contribution in [-0.4, -0.2) is 11.7 Å². The van der Waals surface area contributed by atoms with Gasteiger partial charge in [0.1, 0.15) is 5.37 Å². The zero-order valence-electron chi connectivity index (χ0n) is 12.3. The van der Waals surface area contributed by atoms with E-state index in [4.69, 9.17) is 23.2 Å². The Hall–Kier alpha value is -1.16. The van der Waals surface area contributed by atoms with Crippen LogP contribution in [0.2, 0.25) is 10.0 Å². The quantitative estimate of drug-likeness (QED) is 0.722. The van der Waals surface area contributed by atoms with Gasteiger partial charge in [0.05, 0.1) is 15.8 Å². The minimum atomic E-state index is -0.138. The lowest BCUT2D eigenvalue weighted by atomic mass is 10.1. The zero-order chi connectivity index (χ0) is 15.9. The van der Waals surface area contributed by atoms with Crippen LogP contribution in [0.1, 0.15) is 22.1 Å². The summed E-state index contributed by atoms with van der Waals surface area (Å²) in [6.07, 6.45) is 0. The van der Waals surface area contributed by atoms with Crippen LogP contribution in [-0.2, 0) is 4.79 Å². The molecule has 114 valence electrons. The van der Waals surface area contributed by atoms with Crippen molar-refractivity contribution >= 4 is 46.6 Å². The fourth-order valence-electron chi connectivity index (χ4n) is 2.52. The number of aryl methyl sites for hydroxylation is 2. The van der Waals surface area contributed by atoms with Crippen molar-refractivity contribution in [1.29, 1.82) is 0 Å². The molecule has 1 aliphatic rings. The number of carbonyl (C=O) groups is 1. The lowest BCUT2D eigenvalue weighted by Crippen LogP contribution is -2.28. The first-order valence-electron chi connectivity index (χ1n) is 6.94. The van der Waals surface area contributed by atoms with E-state index in [1.54, 1.807) is 17.8 Å². The van der Waals surface area contributed by atoms with Crippen LogP contribution in [0.4, 0.5) is 5.69 Å². The van der Waals surface area contributed by atoms with Crippen LogP contribution in [0.15, 0.2) is 36.4 Å². The second-order valence-electron chi connectivity index (χ2n) is 5.34. The molecule has 0 bridgehead atoms. The molecule has 0 spiro atoms. The van der Waals surface area contributed by atoms with Gasteiger partial charge in [-0.15, -0.1) is 11.8 Å². The third kappa shape index (κ3) is 2.73. The molecule has 0 unspecified atom stereocenters. The smallest absolute Gasteiger partial charge is 0.238 e. The number of nitrogens with zero attached hydrogens (tertiary/aromatic N) is 1. The first-order chi connectivity index (χ1) is 10.5. The average Bonchev–Trinajstić information content (AvgIpc) is 2.86. The van der Waals surface area contributed by atoms with Crippen molar-refractivity contribution in [3.05, 3.63) is 63.1 Å². The minimum Gasteiger partial charge on any atom is -0.295 e. The highest BCUT2D eigenvalue weighted by atomic mass is 35.5. The maximum atomic E-state index is 12.4. The maximum Gasteiger partial charge on any atom is 0.238 e. The van der Waals surface area contributed by atoms with Gasteiger partial charge in [-0.1, -0.05) is 41.4 Å². The molecule has 0 aliphatic carbocycles. The number of hydrogen-bond donors (Lipinski definition) is 0. The van der Waals surface area contributed by atoms with Gasteiger partial charge in [0.25, 0.3) is 0 Å². The number of anilines is 1. The number of carbonyl (C=O) groups excluding carboxylic acids is 1. The maximum absolute atomic E-state index is 12.4. The SMILES string of the molecule is Cc1ccc(N2C(=O)CS[C@@H]2c2cccc(Cl)c2Cl)cc1C. The van der Waals surface area contributed by atoms with Crippen molar-refractivity contribution in [2.45, 2.75) is 19.2 Å². The zero-order valence-corrected chi connectivity index (χ0v) is 14.6. The highest BCUT2D eigenvalue weighted by Gasteiger charge is 2.35. The largest absolute Gasteiger partial charge is 0.295 e. The molecule has 1 atom stereocenters. The lowest BCUT2D eigenvalue weighted by Gasteiger charge is -2.26. The van der Waals surface area contributed by atoms with Crippen LogP contribution in [0.3, 0.4) is 0 Å². The Labute approximate surface area is 144 Å². The highest BCUT2D eigenvalue weighted by molar-refractivity contribution is 8.00. The number of halogens is 2. The Morgan fingerprint density at radius 3 is 2.64 bits per heavy atom. The average molecular weight is 352 g/mol. The molecule has 1 fully saturated rings. The number of hydrogen-bond acceptors (Lipinski definition) is 2. The molecule has 1 amide bonds. The van der Waals surface area contributed by atoms with E-state index in [1.807, 2.05) is 42.2 Å². The first kappa shape index (κ1) is 15.7. The number of thioether (sulfide) groups is 1. The molecule has 0 aromatic heterocycles. The second kappa shape index (κ2) is 6.15. The van der Waals surface area contributed by atoms with E-state index in [2.05, 4.69) is 6.92 Å². The van der Waals surface area contributed by atoms with Crippen molar-refractivity contribution in [3.63, 3.8) is 0 Å². The molecular weight excluding hydrogens is 337 g/mol. The molecule has 0 radical (unpaired) electrons. The summed E-state index contributed by atoms with van der Waals surface area (Å²) in [6.45, 7) is 4.11. The van der Waals surface area contributed by atoms with Crippen molar-refractivity contribution in [2.24, 2.45) is 0 Å². The minimum absolute atomic E-state index is 0.0919. The van der Waals surface area contributed by atoms with Crippen LogP contribution in [0.5, 0.6) is 0 Å². The Kier molecular flexibility index (Phi) is 4.40. The highest BCUT2D eigenvalue weighted by Crippen LogP contribution is 2.45. The molecule has 0 N–H and O–H groups in total. The first-order valence-corrected chi connectivity index (χ1v) is 8.74. The second-order valence-corrected chi connectivity index (χ2v) is 7.19. The van der Waals surface area contributed by atoms with Gasteiger partial charge in [-0.2, -0.15) is 0 Å². The molecule has 5 heteroatoms. The summed E-state index contributed by atoms with van der Waals surface area (Å²) >= 11 is 14.0. The normalized spacial score (nSPS) is 18.1. The van der Waals surface area contributed by atoms with Gasteiger partial charge in [0.15, 0.2) is 0 Å². The Balaban J connectivity index is 2.06. The predicted octanol–water partition coefficient (Wildman–Crippen LogP) is 5.39. The molecule has 1 saturated heterocycles. The van der Waals surface area contributed by atoms with Gasteiger partial charge in [-0.3, -0.25) is 9.69 Å². The fourth-order valence-corrected chi connectivity index (χ4v) is 4.20. The van der Waals surface area contributed by atoms with E-state index >= 15 is 0 Å². The van der Waals surface area contributed by atoms with Gasteiger partial charge >= 0.3 is 0 Å². The monoisotopic (exact) mass is 351 g/mol. The van der Waals surface area contributed by atoms with E-state index in [1.165, 1.54) is 5.56 Å². The van der Waals surface area contributed by atoms with E-state index in [0.717, 1.165) is 16.8 Å². The van der Waals surface area contributed by atoms with Gasteiger partial charge in [0.2, 0.25) is 5.91 Å². The van der Waals surface area contributed by atoms with Gasteiger partial charge < -0.3 is 0 Å². The van der Waals surface area contributed by atoms with Gasteiger partial charge in [-0.05, 0) is 43.2 Å². The lowest BCUT2D eigenvalue weighted by molar-refractivity contribution is -0.115. The molecule has 1 heterocycles. The van der Waals surface area contributed by atoms with Crippen LogP contribution >= 0.6 is 35.0 Å². The molecule has 2 aromatic carbocycles. The molecule has 1 aliphatic heterocycles. The number of rotatable bonds is 2. The van der Waals surface area contributed by atoms with Gasteiger partial charge in [0, 0.05) is 11.3 Å². The van der Waals surface area contributed by atoms with Crippen molar-refractivity contribution < 1.29 is 4.79 Å². The third-order valence-electron chi connectivity index (χ3n) is 3.88. The Morgan fingerprint density at radius 1 is 1.14 bits per heavy atom. The Bertz CT molecular complexity index is 747. The summed E-state index contributed by atoms with van der Waals surface area (Å²) in [6, 6.07) is 11.6. The van der Waals surface area contributed by atoms with E-state index in [9.17, 15) is 4.79 Å². The number of amides is 1. The van der Waals surface area contributed by atoms with Crippen molar-refractivity contribution in [2.75, 3.05) is 10.7 Å². The molecule has 2 aromatic rings. The van der Waals surface area contributed by atoms with E-state index < -0.39 is 0 Å². The standard InChI is InChI=1S/C17H15Cl2NOS/c1-10-6-7-12(8-11(10)2)20-15(21)9-22-17(20)13-4-3-5-14(18)16(13)19/h3-8,17H,9H2,1-2H3/t17-/m1/s1. The third-order valence-corrected chi connectivity index (χ3v) is 5.91. The fraction of sp³-hybridized carbons (Fsp3) is 0.235. The van der Waals surface area contributed by atoms with Gasteiger partial charge in [-0.25, -0.2) is 0 Å². The molecule has 3 rings (SSSR count). The van der Waals surface area contributed by atoms with E-state index in [-0.39, 0.29) is 11.3 Å². The van der Waals surface area contributed by atoms with E-state index in [0.29, 0.717) is 15.8 Å². The molecular formula is C17H15Cl2NOS. The Morgan fingerprint density at radius 2 is 1.91 bits per heavy atom. The molecule has 2 nitrogen and oxygen atoms in total. The summed E-state index contributed by atoms with van der Waals surface area (Å²) < 4.78 is 0. The summed E-state index contributed by atoms with van der Waals surface area (Å²) in [4.78, 5) is 14.2. The predicted molar refractivity (Wildman–Crippen MR) is 95.1 cm³/mol. The van der Waals surface area contributed by atoms with Crippen LogP contribution in [0, 0.1) is 13.8 Å². The van der Waals surface area contributed by atoms with Crippen molar-refractivity contribution in [1.82, 2.24) is 0 Å². The van der Waals surface area contributed by atoms with Crippen LogP contribution < -0.4 is 4.90 Å². The summed E-state index contributed by atoms with van der Waals surface area (Å²) in [5, 5.41) is 0.894. The molecule has 0 saturated carbocycles. The summed E-state index contributed by atoms with van der Waals surface area (Å²) in [7, 11) is 0.